The first-order valence-corrected chi connectivity index (χ1v) is 6.13. The van der Waals surface area contributed by atoms with Crippen LogP contribution in [0.2, 0.25) is 0 Å². The molecule has 86 valence electrons. The van der Waals surface area contributed by atoms with Crippen LogP contribution in [0.4, 0.5) is 0 Å². The normalized spacial score (nSPS) is 17.5. The van der Waals surface area contributed by atoms with Crippen molar-refractivity contribution in [1.29, 1.82) is 5.26 Å². The molecule has 0 aromatic rings. The van der Waals surface area contributed by atoms with E-state index in [9.17, 15) is 0 Å². The highest BCUT2D eigenvalue weighted by atomic mass is 15.1. The molecule has 0 spiro atoms. The van der Waals surface area contributed by atoms with Crippen molar-refractivity contribution in [3.63, 3.8) is 0 Å². The summed E-state index contributed by atoms with van der Waals surface area (Å²) in [7, 11) is 2.21. The van der Waals surface area contributed by atoms with Gasteiger partial charge < -0.3 is 4.90 Å². The number of hydrogen-bond donors (Lipinski definition) is 0. The number of nitriles is 1. The molecule has 1 aliphatic carbocycles. The molecule has 0 atom stereocenters. The van der Waals surface area contributed by atoms with E-state index >= 15 is 0 Å². The van der Waals surface area contributed by atoms with Crippen LogP contribution in [0.5, 0.6) is 0 Å². The van der Waals surface area contributed by atoms with E-state index in [0.717, 1.165) is 25.3 Å². The molecule has 0 aromatic heterocycles. The zero-order valence-electron chi connectivity index (χ0n) is 10.4. The lowest BCUT2D eigenvalue weighted by atomic mass is 9.85. The summed E-state index contributed by atoms with van der Waals surface area (Å²) in [4.78, 5) is 2.43. The molecule has 0 N–H and O–H groups in total. The second-order valence-electron chi connectivity index (χ2n) is 5.66. The van der Waals surface area contributed by atoms with Gasteiger partial charge in [0, 0.05) is 6.54 Å². The monoisotopic (exact) mass is 208 g/mol. The van der Waals surface area contributed by atoms with Crippen LogP contribution < -0.4 is 0 Å². The fraction of sp³-hybridized carbons (Fsp3) is 0.923. The van der Waals surface area contributed by atoms with Crippen molar-refractivity contribution in [1.82, 2.24) is 4.90 Å². The highest BCUT2D eigenvalue weighted by molar-refractivity contribution is 4.91. The minimum atomic E-state index is -0.142. The van der Waals surface area contributed by atoms with E-state index in [0.29, 0.717) is 0 Å². The first kappa shape index (κ1) is 12.5. The number of nitrogens with zero attached hydrogens (tertiary/aromatic N) is 2. The van der Waals surface area contributed by atoms with E-state index in [1.165, 1.54) is 25.8 Å². The molecule has 0 bridgehead atoms. The minimum Gasteiger partial charge on any atom is -0.306 e. The van der Waals surface area contributed by atoms with Gasteiger partial charge in [-0.05, 0) is 59.0 Å². The van der Waals surface area contributed by atoms with Gasteiger partial charge in [0.15, 0.2) is 0 Å². The summed E-state index contributed by atoms with van der Waals surface area (Å²) in [5, 5.41) is 8.89. The van der Waals surface area contributed by atoms with Gasteiger partial charge in [-0.15, -0.1) is 0 Å². The Hall–Kier alpha value is -0.550. The lowest BCUT2D eigenvalue weighted by Gasteiger charge is -2.30. The molecule has 2 heteroatoms. The SMILES string of the molecule is CN(CCCC(C)(C)C#N)CC1CCC1. The molecule has 0 saturated heterocycles. The number of rotatable bonds is 6. The third kappa shape index (κ3) is 4.66. The molecule has 0 radical (unpaired) electrons. The van der Waals surface area contributed by atoms with Crippen LogP contribution in [0.25, 0.3) is 0 Å². The van der Waals surface area contributed by atoms with Gasteiger partial charge >= 0.3 is 0 Å². The van der Waals surface area contributed by atoms with Crippen molar-refractivity contribution in [3.05, 3.63) is 0 Å². The van der Waals surface area contributed by atoms with Gasteiger partial charge in [-0.2, -0.15) is 5.26 Å². The lowest BCUT2D eigenvalue weighted by molar-refractivity contribution is 0.199. The second kappa shape index (κ2) is 5.51. The molecule has 2 nitrogen and oxygen atoms in total. The third-order valence-electron chi connectivity index (χ3n) is 3.44. The van der Waals surface area contributed by atoms with Crippen LogP contribution in [0, 0.1) is 22.7 Å². The van der Waals surface area contributed by atoms with E-state index in [-0.39, 0.29) is 5.41 Å². The summed E-state index contributed by atoms with van der Waals surface area (Å²) in [5.41, 5.74) is -0.142. The Balaban J connectivity index is 2.06. The lowest BCUT2D eigenvalue weighted by Crippen LogP contribution is -2.30. The van der Waals surface area contributed by atoms with Crippen LogP contribution in [0.1, 0.15) is 46.0 Å². The summed E-state index contributed by atoms with van der Waals surface area (Å²) in [6, 6.07) is 2.36. The van der Waals surface area contributed by atoms with Crippen molar-refractivity contribution in [2.24, 2.45) is 11.3 Å². The van der Waals surface area contributed by atoms with Gasteiger partial charge in [0.1, 0.15) is 0 Å². The van der Waals surface area contributed by atoms with E-state index < -0.39 is 0 Å². The summed E-state index contributed by atoms with van der Waals surface area (Å²) >= 11 is 0. The molecule has 15 heavy (non-hydrogen) atoms. The molecule has 0 unspecified atom stereocenters. The van der Waals surface area contributed by atoms with E-state index in [1.807, 2.05) is 13.8 Å². The fourth-order valence-electron chi connectivity index (χ4n) is 2.05. The zero-order valence-corrected chi connectivity index (χ0v) is 10.4. The molecule has 1 rings (SSSR count). The predicted octanol–water partition coefficient (Wildman–Crippen LogP) is 3.05. The zero-order chi connectivity index (χ0) is 11.3. The van der Waals surface area contributed by atoms with Gasteiger partial charge in [0.25, 0.3) is 0 Å². The molecular formula is C13H24N2. The molecule has 1 saturated carbocycles. The third-order valence-corrected chi connectivity index (χ3v) is 3.44. The van der Waals surface area contributed by atoms with Gasteiger partial charge in [-0.3, -0.25) is 0 Å². The van der Waals surface area contributed by atoms with Crippen LogP contribution in [0.15, 0.2) is 0 Å². The molecule has 0 aromatic carbocycles. The quantitative estimate of drug-likeness (QED) is 0.671. The molecular weight excluding hydrogens is 184 g/mol. The molecule has 0 aliphatic heterocycles. The Labute approximate surface area is 94.3 Å². The fourth-order valence-corrected chi connectivity index (χ4v) is 2.05. The smallest absolute Gasteiger partial charge is 0.0683 e. The highest BCUT2D eigenvalue weighted by Crippen LogP contribution is 2.27. The maximum Gasteiger partial charge on any atom is 0.0683 e. The van der Waals surface area contributed by atoms with Crippen LogP contribution in [0.3, 0.4) is 0 Å². The first-order valence-electron chi connectivity index (χ1n) is 6.13. The van der Waals surface area contributed by atoms with E-state index in [2.05, 4.69) is 18.0 Å². The van der Waals surface area contributed by atoms with Crippen molar-refractivity contribution in [2.75, 3.05) is 20.1 Å². The van der Waals surface area contributed by atoms with E-state index in [4.69, 9.17) is 5.26 Å². The van der Waals surface area contributed by atoms with Gasteiger partial charge in [0.2, 0.25) is 0 Å². The average Bonchev–Trinajstić information content (AvgIpc) is 2.11. The Kier molecular flexibility index (Phi) is 4.60. The summed E-state index contributed by atoms with van der Waals surface area (Å²) in [5.74, 6) is 0.957. The molecule has 0 amide bonds. The van der Waals surface area contributed by atoms with Crippen LogP contribution in [-0.4, -0.2) is 25.0 Å². The van der Waals surface area contributed by atoms with Gasteiger partial charge in [-0.25, -0.2) is 0 Å². The Morgan fingerprint density at radius 2 is 2.07 bits per heavy atom. The van der Waals surface area contributed by atoms with Crippen molar-refractivity contribution in [2.45, 2.75) is 46.0 Å². The van der Waals surface area contributed by atoms with Crippen LogP contribution >= 0.6 is 0 Å². The number of hydrogen-bond acceptors (Lipinski definition) is 2. The average molecular weight is 208 g/mol. The predicted molar refractivity (Wildman–Crippen MR) is 63.5 cm³/mol. The standard InChI is InChI=1S/C13H24N2/c1-13(2,11-14)8-5-9-15(3)10-12-6-4-7-12/h12H,4-10H2,1-3H3. The largest absolute Gasteiger partial charge is 0.306 e. The van der Waals surface area contributed by atoms with Gasteiger partial charge in [-0.1, -0.05) is 6.42 Å². The second-order valence-corrected chi connectivity index (χ2v) is 5.66. The first-order chi connectivity index (χ1) is 7.03. The Bertz CT molecular complexity index is 223. The molecule has 0 heterocycles. The maximum atomic E-state index is 8.89. The Morgan fingerprint density at radius 1 is 1.40 bits per heavy atom. The topological polar surface area (TPSA) is 27.0 Å². The summed E-state index contributed by atoms with van der Waals surface area (Å²) < 4.78 is 0. The van der Waals surface area contributed by atoms with Gasteiger partial charge in [0.05, 0.1) is 11.5 Å². The van der Waals surface area contributed by atoms with Crippen LogP contribution in [-0.2, 0) is 0 Å². The van der Waals surface area contributed by atoms with Crippen molar-refractivity contribution >= 4 is 0 Å². The maximum absolute atomic E-state index is 8.89. The van der Waals surface area contributed by atoms with Crippen molar-refractivity contribution in [3.8, 4) is 6.07 Å². The molecule has 1 aliphatic rings. The summed E-state index contributed by atoms with van der Waals surface area (Å²) in [6.45, 7) is 6.45. The highest BCUT2D eigenvalue weighted by Gasteiger charge is 2.20. The summed E-state index contributed by atoms with van der Waals surface area (Å²) in [6.07, 6.45) is 6.43. The molecule has 1 fully saturated rings. The van der Waals surface area contributed by atoms with Crippen molar-refractivity contribution < 1.29 is 0 Å². The minimum absolute atomic E-state index is 0.142. The Morgan fingerprint density at radius 3 is 2.53 bits per heavy atom. The van der Waals surface area contributed by atoms with E-state index in [1.54, 1.807) is 0 Å².